The number of aryl methyl sites for hydroxylation is 1. The number of carbonyl (C=O) groups excluding carboxylic acids is 2. The van der Waals surface area contributed by atoms with E-state index in [0.717, 1.165) is 29.3 Å². The zero-order valence-electron chi connectivity index (χ0n) is 10.8. The van der Waals surface area contributed by atoms with E-state index in [1.165, 1.54) is 11.3 Å². The molecule has 18 heavy (non-hydrogen) atoms. The average molecular weight is 266 g/mol. The Morgan fingerprint density at radius 2 is 2.17 bits per heavy atom. The van der Waals surface area contributed by atoms with E-state index in [4.69, 9.17) is 0 Å². The predicted octanol–water partition coefficient (Wildman–Crippen LogP) is 1.40. The van der Waals surface area contributed by atoms with Crippen molar-refractivity contribution in [3.8, 4) is 0 Å². The van der Waals surface area contributed by atoms with Crippen molar-refractivity contribution in [3.05, 3.63) is 21.9 Å². The summed E-state index contributed by atoms with van der Waals surface area (Å²) in [4.78, 5) is 29.4. The number of carbonyl (C=O) groups is 2. The second-order valence-electron chi connectivity index (χ2n) is 4.71. The van der Waals surface area contributed by atoms with Gasteiger partial charge in [-0.05, 0) is 25.5 Å². The fraction of sp³-hybridized carbons (Fsp3) is 0.538. The molecule has 1 fully saturated rings. The van der Waals surface area contributed by atoms with E-state index in [1.54, 1.807) is 4.90 Å². The zero-order valence-corrected chi connectivity index (χ0v) is 11.6. The standard InChI is InChI=1S/C13H18N2O2S/c1-10-4-5-12(18-10)11(16)8-15-7-3-6-14(2)13(17)9-15/h4-5H,3,6-9H2,1-2H3. The number of likely N-dealkylation sites (N-methyl/N-ethyl adjacent to an activating group) is 1. The van der Waals surface area contributed by atoms with Gasteiger partial charge in [0.2, 0.25) is 5.91 Å². The maximum atomic E-state index is 12.1. The molecular weight excluding hydrogens is 248 g/mol. The number of nitrogens with zero attached hydrogens (tertiary/aromatic N) is 2. The molecule has 0 unspecified atom stereocenters. The maximum absolute atomic E-state index is 12.1. The Morgan fingerprint density at radius 3 is 2.83 bits per heavy atom. The van der Waals surface area contributed by atoms with Crippen molar-refractivity contribution in [1.29, 1.82) is 0 Å². The van der Waals surface area contributed by atoms with E-state index in [1.807, 2.05) is 31.0 Å². The van der Waals surface area contributed by atoms with Crippen molar-refractivity contribution < 1.29 is 9.59 Å². The first-order valence-corrected chi connectivity index (χ1v) is 6.94. The van der Waals surface area contributed by atoms with Crippen molar-refractivity contribution in [1.82, 2.24) is 9.80 Å². The van der Waals surface area contributed by atoms with Gasteiger partial charge in [-0.25, -0.2) is 0 Å². The minimum absolute atomic E-state index is 0.0997. The molecule has 1 aromatic rings. The van der Waals surface area contributed by atoms with Crippen LogP contribution in [0.2, 0.25) is 0 Å². The molecule has 0 saturated carbocycles. The molecule has 0 aromatic carbocycles. The molecule has 1 amide bonds. The zero-order chi connectivity index (χ0) is 13.1. The monoisotopic (exact) mass is 266 g/mol. The van der Waals surface area contributed by atoms with Gasteiger partial charge in [0, 0.05) is 25.0 Å². The molecular formula is C13H18N2O2S. The number of Topliss-reactive ketones (excluding diaryl/α,β-unsaturated/α-hetero) is 1. The summed E-state index contributed by atoms with van der Waals surface area (Å²) >= 11 is 1.52. The summed E-state index contributed by atoms with van der Waals surface area (Å²) in [7, 11) is 1.82. The van der Waals surface area contributed by atoms with Crippen LogP contribution in [-0.4, -0.2) is 54.7 Å². The normalized spacial score (nSPS) is 17.9. The average Bonchev–Trinajstić information content (AvgIpc) is 2.68. The summed E-state index contributed by atoms with van der Waals surface area (Å²) in [6, 6.07) is 3.83. The van der Waals surface area contributed by atoms with E-state index in [9.17, 15) is 9.59 Å². The first-order chi connectivity index (χ1) is 8.56. The van der Waals surface area contributed by atoms with Gasteiger partial charge in [-0.15, -0.1) is 11.3 Å². The smallest absolute Gasteiger partial charge is 0.236 e. The minimum atomic E-state index is 0.0997. The molecule has 1 aromatic heterocycles. The second kappa shape index (κ2) is 5.63. The molecule has 0 N–H and O–H groups in total. The van der Waals surface area contributed by atoms with Crippen molar-refractivity contribution in [2.24, 2.45) is 0 Å². The van der Waals surface area contributed by atoms with Crippen molar-refractivity contribution in [2.45, 2.75) is 13.3 Å². The number of ketones is 1. The third kappa shape index (κ3) is 3.17. The van der Waals surface area contributed by atoms with Crippen LogP contribution in [0.25, 0.3) is 0 Å². The molecule has 0 aliphatic carbocycles. The number of thiophene rings is 1. The molecule has 1 aliphatic heterocycles. The lowest BCUT2D eigenvalue weighted by molar-refractivity contribution is -0.129. The van der Waals surface area contributed by atoms with Crippen molar-refractivity contribution in [3.63, 3.8) is 0 Å². The molecule has 98 valence electrons. The highest BCUT2D eigenvalue weighted by molar-refractivity contribution is 7.14. The van der Waals surface area contributed by atoms with Crippen LogP contribution in [0, 0.1) is 6.92 Å². The molecule has 5 heteroatoms. The largest absolute Gasteiger partial charge is 0.345 e. The molecule has 2 rings (SSSR count). The third-order valence-corrected chi connectivity index (χ3v) is 4.18. The SMILES string of the molecule is Cc1ccc(C(=O)CN2CCCN(C)C(=O)C2)s1. The van der Waals surface area contributed by atoms with Gasteiger partial charge in [0.25, 0.3) is 0 Å². The van der Waals surface area contributed by atoms with Crippen molar-refractivity contribution in [2.75, 3.05) is 33.2 Å². The highest BCUT2D eigenvalue weighted by Gasteiger charge is 2.21. The Morgan fingerprint density at radius 1 is 1.39 bits per heavy atom. The van der Waals surface area contributed by atoms with Gasteiger partial charge in [-0.2, -0.15) is 0 Å². The summed E-state index contributed by atoms with van der Waals surface area (Å²) in [6.45, 7) is 4.28. The molecule has 0 spiro atoms. The van der Waals surface area contributed by atoms with Crippen LogP contribution in [0.4, 0.5) is 0 Å². The quantitative estimate of drug-likeness (QED) is 0.777. The van der Waals surface area contributed by atoms with E-state index in [2.05, 4.69) is 0 Å². The predicted molar refractivity (Wildman–Crippen MR) is 72.1 cm³/mol. The van der Waals surface area contributed by atoms with E-state index < -0.39 is 0 Å². The van der Waals surface area contributed by atoms with Gasteiger partial charge in [0.1, 0.15) is 0 Å². The molecule has 1 aliphatic rings. The van der Waals surface area contributed by atoms with Crippen LogP contribution in [0.3, 0.4) is 0 Å². The maximum Gasteiger partial charge on any atom is 0.236 e. The van der Waals surface area contributed by atoms with E-state index in [-0.39, 0.29) is 11.7 Å². The topological polar surface area (TPSA) is 40.6 Å². The Labute approximate surface area is 111 Å². The van der Waals surface area contributed by atoms with Gasteiger partial charge in [-0.1, -0.05) is 0 Å². The van der Waals surface area contributed by atoms with E-state index >= 15 is 0 Å². The minimum Gasteiger partial charge on any atom is -0.345 e. The number of hydrogen-bond donors (Lipinski definition) is 0. The Balaban J connectivity index is 1.96. The van der Waals surface area contributed by atoms with Crippen LogP contribution in [0.1, 0.15) is 21.0 Å². The molecule has 0 atom stereocenters. The van der Waals surface area contributed by atoms with Gasteiger partial charge in [0.05, 0.1) is 18.0 Å². The molecule has 0 bridgehead atoms. The van der Waals surface area contributed by atoms with Gasteiger partial charge in [0.15, 0.2) is 5.78 Å². The molecule has 1 saturated heterocycles. The Kier molecular flexibility index (Phi) is 4.14. The highest BCUT2D eigenvalue weighted by atomic mass is 32.1. The molecule has 4 nitrogen and oxygen atoms in total. The van der Waals surface area contributed by atoms with Crippen LogP contribution in [-0.2, 0) is 4.79 Å². The summed E-state index contributed by atoms with van der Waals surface area (Å²) < 4.78 is 0. The lowest BCUT2D eigenvalue weighted by Crippen LogP contribution is -2.37. The van der Waals surface area contributed by atoms with Crippen LogP contribution in [0.5, 0.6) is 0 Å². The summed E-state index contributed by atoms with van der Waals surface area (Å²) in [5.41, 5.74) is 0. The number of hydrogen-bond acceptors (Lipinski definition) is 4. The Bertz CT molecular complexity index is 456. The third-order valence-electron chi connectivity index (χ3n) is 3.13. The van der Waals surface area contributed by atoms with Gasteiger partial charge in [-0.3, -0.25) is 14.5 Å². The van der Waals surface area contributed by atoms with Crippen LogP contribution >= 0.6 is 11.3 Å². The first kappa shape index (κ1) is 13.2. The first-order valence-electron chi connectivity index (χ1n) is 6.12. The fourth-order valence-electron chi connectivity index (χ4n) is 2.05. The number of amides is 1. The van der Waals surface area contributed by atoms with Crippen molar-refractivity contribution >= 4 is 23.0 Å². The Hall–Kier alpha value is -1.20. The number of rotatable bonds is 3. The fourth-order valence-corrected chi connectivity index (χ4v) is 2.85. The summed E-state index contributed by atoms with van der Waals surface area (Å²) in [5, 5.41) is 0. The lowest BCUT2D eigenvalue weighted by atomic mass is 10.3. The molecule has 2 heterocycles. The van der Waals surface area contributed by atoms with Crippen LogP contribution < -0.4 is 0 Å². The van der Waals surface area contributed by atoms with E-state index in [0.29, 0.717) is 13.1 Å². The summed E-state index contributed by atoms with van der Waals surface area (Å²) in [6.07, 6.45) is 0.930. The van der Waals surface area contributed by atoms with Gasteiger partial charge >= 0.3 is 0 Å². The second-order valence-corrected chi connectivity index (χ2v) is 6.00. The molecule has 0 radical (unpaired) electrons. The summed E-state index contributed by atoms with van der Waals surface area (Å²) in [5.74, 6) is 0.216. The highest BCUT2D eigenvalue weighted by Crippen LogP contribution is 2.16. The van der Waals surface area contributed by atoms with Crippen LogP contribution in [0.15, 0.2) is 12.1 Å². The lowest BCUT2D eigenvalue weighted by Gasteiger charge is -2.17. The van der Waals surface area contributed by atoms with Gasteiger partial charge < -0.3 is 4.90 Å².